The molecule has 0 amide bonds. The van der Waals surface area contributed by atoms with Gasteiger partial charge in [-0.3, -0.25) is 4.68 Å². The summed E-state index contributed by atoms with van der Waals surface area (Å²) in [6.07, 6.45) is 2.50. The zero-order chi connectivity index (χ0) is 11.5. The minimum Gasteiger partial charge on any atom is -0.384 e. The van der Waals surface area contributed by atoms with Crippen molar-refractivity contribution in [2.24, 2.45) is 7.05 Å². The Balaban J connectivity index is 1.84. The van der Waals surface area contributed by atoms with Gasteiger partial charge >= 0.3 is 0 Å². The monoisotopic (exact) mass is 225 g/mol. The van der Waals surface area contributed by atoms with Gasteiger partial charge in [-0.1, -0.05) is 0 Å². The van der Waals surface area contributed by atoms with Gasteiger partial charge in [0.2, 0.25) is 0 Å². The first kappa shape index (κ1) is 11.4. The van der Waals surface area contributed by atoms with Gasteiger partial charge in [-0.05, 0) is 19.8 Å². The Labute approximate surface area is 95.5 Å². The van der Waals surface area contributed by atoms with Gasteiger partial charge < -0.3 is 15.2 Å². The number of hydrogen-bond acceptors (Lipinski definition) is 4. The van der Waals surface area contributed by atoms with Crippen LogP contribution in [0.25, 0.3) is 0 Å². The van der Waals surface area contributed by atoms with E-state index in [0.29, 0.717) is 19.0 Å². The van der Waals surface area contributed by atoms with Crippen molar-refractivity contribution >= 4 is 5.82 Å². The average molecular weight is 225 g/mol. The van der Waals surface area contributed by atoms with Crippen molar-refractivity contribution in [2.45, 2.75) is 32.5 Å². The van der Waals surface area contributed by atoms with Crippen molar-refractivity contribution in [3.05, 3.63) is 11.3 Å². The molecule has 1 aliphatic heterocycles. The number of nitrogens with zero attached hydrogens (tertiary/aromatic N) is 2. The van der Waals surface area contributed by atoms with Crippen molar-refractivity contribution in [3.8, 4) is 0 Å². The molecule has 0 radical (unpaired) electrons. The highest BCUT2D eigenvalue weighted by Crippen LogP contribution is 2.17. The van der Waals surface area contributed by atoms with E-state index in [2.05, 4.69) is 5.10 Å². The fraction of sp³-hybridized carbons (Fsp3) is 0.727. The van der Waals surface area contributed by atoms with Gasteiger partial charge in [-0.15, -0.1) is 0 Å². The van der Waals surface area contributed by atoms with Crippen molar-refractivity contribution in [1.29, 1.82) is 0 Å². The van der Waals surface area contributed by atoms with E-state index in [1.807, 2.05) is 14.0 Å². The van der Waals surface area contributed by atoms with Crippen molar-refractivity contribution < 1.29 is 9.47 Å². The molecule has 0 aromatic carbocycles. The molecule has 0 aliphatic carbocycles. The molecule has 16 heavy (non-hydrogen) atoms. The van der Waals surface area contributed by atoms with E-state index >= 15 is 0 Å². The van der Waals surface area contributed by atoms with E-state index in [0.717, 1.165) is 30.7 Å². The van der Waals surface area contributed by atoms with Crippen LogP contribution in [0.2, 0.25) is 0 Å². The lowest BCUT2D eigenvalue weighted by Crippen LogP contribution is -2.14. The van der Waals surface area contributed by atoms with E-state index in [-0.39, 0.29) is 6.10 Å². The molecular weight excluding hydrogens is 206 g/mol. The van der Waals surface area contributed by atoms with Crippen molar-refractivity contribution in [3.63, 3.8) is 0 Å². The molecule has 2 heterocycles. The summed E-state index contributed by atoms with van der Waals surface area (Å²) in [5.74, 6) is 0.685. The Morgan fingerprint density at radius 3 is 3.00 bits per heavy atom. The standard InChI is InChI=1S/C11H19N3O2/c1-8-10(11(12)14(2)13-8)7-15-6-9-4-3-5-16-9/h9H,3-7,12H2,1-2H3. The molecule has 5 heteroatoms. The highest BCUT2D eigenvalue weighted by molar-refractivity contribution is 5.42. The molecule has 0 saturated carbocycles. The van der Waals surface area contributed by atoms with Crippen molar-refractivity contribution in [1.82, 2.24) is 9.78 Å². The molecule has 1 unspecified atom stereocenters. The van der Waals surface area contributed by atoms with E-state index in [9.17, 15) is 0 Å². The molecule has 1 atom stereocenters. The number of nitrogens with two attached hydrogens (primary N) is 1. The Morgan fingerprint density at radius 2 is 2.44 bits per heavy atom. The highest BCUT2D eigenvalue weighted by atomic mass is 16.5. The zero-order valence-corrected chi connectivity index (χ0v) is 9.90. The Bertz CT molecular complexity index is 356. The molecule has 1 fully saturated rings. The molecule has 1 aliphatic rings. The summed E-state index contributed by atoms with van der Waals surface area (Å²) in [7, 11) is 1.84. The van der Waals surface area contributed by atoms with Gasteiger partial charge in [0.1, 0.15) is 5.82 Å². The topological polar surface area (TPSA) is 62.3 Å². The molecule has 90 valence electrons. The van der Waals surface area contributed by atoms with Crippen LogP contribution in [0.4, 0.5) is 5.82 Å². The third kappa shape index (κ3) is 2.36. The van der Waals surface area contributed by atoms with Crippen LogP contribution in [-0.4, -0.2) is 29.1 Å². The number of rotatable bonds is 4. The summed E-state index contributed by atoms with van der Waals surface area (Å²) in [5.41, 5.74) is 7.81. The maximum absolute atomic E-state index is 5.89. The average Bonchev–Trinajstić information content (AvgIpc) is 2.82. The maximum Gasteiger partial charge on any atom is 0.127 e. The summed E-state index contributed by atoms with van der Waals surface area (Å²) < 4.78 is 12.8. The molecular formula is C11H19N3O2. The molecule has 1 saturated heterocycles. The van der Waals surface area contributed by atoms with Crippen molar-refractivity contribution in [2.75, 3.05) is 18.9 Å². The van der Waals surface area contributed by atoms with E-state index in [1.165, 1.54) is 0 Å². The molecule has 1 aromatic rings. The van der Waals surface area contributed by atoms with Crippen LogP contribution >= 0.6 is 0 Å². The Morgan fingerprint density at radius 1 is 1.62 bits per heavy atom. The first-order chi connectivity index (χ1) is 7.68. The molecule has 0 spiro atoms. The quantitative estimate of drug-likeness (QED) is 0.830. The third-order valence-electron chi connectivity index (χ3n) is 2.97. The van der Waals surface area contributed by atoms with Crippen LogP contribution in [-0.2, 0) is 23.1 Å². The second-order valence-corrected chi connectivity index (χ2v) is 4.22. The molecule has 2 N–H and O–H groups in total. The van der Waals surface area contributed by atoms with Gasteiger partial charge in [0.25, 0.3) is 0 Å². The lowest BCUT2D eigenvalue weighted by molar-refractivity contribution is 0.0106. The highest BCUT2D eigenvalue weighted by Gasteiger charge is 2.16. The first-order valence-electron chi connectivity index (χ1n) is 5.65. The Kier molecular flexibility index (Phi) is 3.46. The zero-order valence-electron chi connectivity index (χ0n) is 9.90. The molecule has 2 rings (SSSR count). The van der Waals surface area contributed by atoms with Crippen LogP contribution in [0.1, 0.15) is 24.1 Å². The number of aryl methyl sites for hydroxylation is 2. The summed E-state index contributed by atoms with van der Waals surface area (Å²) in [5, 5.41) is 4.24. The lowest BCUT2D eigenvalue weighted by atomic mass is 10.2. The Hall–Kier alpha value is -1.07. The SMILES string of the molecule is Cc1nn(C)c(N)c1COCC1CCCO1. The van der Waals surface area contributed by atoms with Crippen LogP contribution < -0.4 is 5.73 Å². The molecule has 1 aromatic heterocycles. The largest absolute Gasteiger partial charge is 0.384 e. The second-order valence-electron chi connectivity index (χ2n) is 4.22. The fourth-order valence-corrected chi connectivity index (χ4v) is 1.97. The number of aromatic nitrogens is 2. The van der Waals surface area contributed by atoms with Crippen LogP contribution in [0, 0.1) is 6.92 Å². The molecule has 0 bridgehead atoms. The summed E-state index contributed by atoms with van der Waals surface area (Å²) in [6, 6.07) is 0. The van der Waals surface area contributed by atoms with Gasteiger partial charge in [0.15, 0.2) is 0 Å². The lowest BCUT2D eigenvalue weighted by Gasteiger charge is -2.10. The minimum atomic E-state index is 0.262. The van der Waals surface area contributed by atoms with Crippen LogP contribution in [0.15, 0.2) is 0 Å². The fourth-order valence-electron chi connectivity index (χ4n) is 1.97. The van der Waals surface area contributed by atoms with Gasteiger partial charge in [-0.2, -0.15) is 5.10 Å². The summed E-state index contributed by atoms with van der Waals surface area (Å²) in [6.45, 7) is 3.97. The molecule has 5 nitrogen and oxygen atoms in total. The predicted octanol–water partition coefficient (Wildman–Crippen LogP) is 1.01. The minimum absolute atomic E-state index is 0.262. The van der Waals surface area contributed by atoms with E-state index in [1.54, 1.807) is 4.68 Å². The summed E-state index contributed by atoms with van der Waals surface area (Å²) in [4.78, 5) is 0. The first-order valence-corrected chi connectivity index (χ1v) is 5.65. The summed E-state index contributed by atoms with van der Waals surface area (Å²) >= 11 is 0. The number of hydrogen-bond donors (Lipinski definition) is 1. The maximum atomic E-state index is 5.89. The normalized spacial score (nSPS) is 20.5. The van der Waals surface area contributed by atoms with Crippen LogP contribution in [0.3, 0.4) is 0 Å². The number of anilines is 1. The van der Waals surface area contributed by atoms with Gasteiger partial charge in [0, 0.05) is 19.2 Å². The number of ether oxygens (including phenoxy) is 2. The smallest absolute Gasteiger partial charge is 0.127 e. The number of nitrogen functional groups attached to an aromatic ring is 1. The van der Waals surface area contributed by atoms with Gasteiger partial charge in [-0.25, -0.2) is 0 Å². The predicted molar refractivity (Wildman–Crippen MR) is 61.0 cm³/mol. The van der Waals surface area contributed by atoms with Gasteiger partial charge in [0.05, 0.1) is 25.0 Å². The third-order valence-corrected chi connectivity index (χ3v) is 2.97. The van der Waals surface area contributed by atoms with Crippen LogP contribution in [0.5, 0.6) is 0 Å². The van der Waals surface area contributed by atoms with E-state index in [4.69, 9.17) is 15.2 Å². The second kappa shape index (κ2) is 4.84. The van der Waals surface area contributed by atoms with E-state index < -0.39 is 0 Å².